The van der Waals surface area contributed by atoms with Crippen molar-refractivity contribution in [1.82, 2.24) is 9.78 Å². The molecule has 0 aliphatic carbocycles. The summed E-state index contributed by atoms with van der Waals surface area (Å²) in [7, 11) is 0. The highest BCUT2D eigenvalue weighted by Gasteiger charge is 2.15. The van der Waals surface area contributed by atoms with Crippen molar-refractivity contribution in [2.45, 2.75) is 20.8 Å². The van der Waals surface area contributed by atoms with Crippen LogP contribution >= 0.6 is 0 Å². The summed E-state index contributed by atoms with van der Waals surface area (Å²) in [6.07, 6.45) is 0. The molecule has 2 aromatic carbocycles. The van der Waals surface area contributed by atoms with Crippen LogP contribution in [0.25, 0.3) is 5.69 Å². The third-order valence-electron chi connectivity index (χ3n) is 3.84. The number of carbonyl (C=O) groups is 1. The molecule has 0 spiro atoms. The number of amides is 2. The number of hydrogen-bond acceptors (Lipinski definition) is 2. The van der Waals surface area contributed by atoms with Gasteiger partial charge in [0.25, 0.3) is 0 Å². The first-order valence-corrected chi connectivity index (χ1v) is 7.81. The lowest BCUT2D eigenvalue weighted by Gasteiger charge is -2.09. The molecule has 0 fully saturated rings. The Balaban J connectivity index is 1.81. The Morgan fingerprint density at radius 3 is 2.25 bits per heavy atom. The van der Waals surface area contributed by atoms with E-state index in [4.69, 9.17) is 0 Å². The monoisotopic (exact) mass is 320 g/mol. The lowest BCUT2D eigenvalue weighted by molar-refractivity contribution is 0.262. The molecule has 0 saturated carbocycles. The summed E-state index contributed by atoms with van der Waals surface area (Å²) in [5.74, 6) is 0. The second-order valence-electron chi connectivity index (χ2n) is 5.74. The molecular weight excluding hydrogens is 300 g/mol. The first-order chi connectivity index (χ1) is 11.5. The van der Waals surface area contributed by atoms with Crippen LogP contribution in [0.4, 0.5) is 16.2 Å². The van der Waals surface area contributed by atoms with E-state index in [1.54, 1.807) is 0 Å². The van der Waals surface area contributed by atoms with Gasteiger partial charge in [0.05, 0.1) is 22.8 Å². The smallest absolute Gasteiger partial charge is 0.308 e. The predicted octanol–water partition coefficient (Wildman–Crippen LogP) is 4.44. The van der Waals surface area contributed by atoms with Crippen molar-refractivity contribution >= 4 is 17.4 Å². The number of anilines is 2. The van der Waals surface area contributed by atoms with Crippen molar-refractivity contribution in [3.8, 4) is 5.69 Å². The molecule has 0 aliphatic heterocycles. The second-order valence-corrected chi connectivity index (χ2v) is 5.74. The fourth-order valence-corrected chi connectivity index (χ4v) is 2.56. The topological polar surface area (TPSA) is 59.0 Å². The predicted molar refractivity (Wildman–Crippen MR) is 96.9 cm³/mol. The van der Waals surface area contributed by atoms with E-state index in [0.29, 0.717) is 0 Å². The molecule has 3 aromatic rings. The van der Waals surface area contributed by atoms with Crippen LogP contribution in [0.1, 0.15) is 17.0 Å². The van der Waals surface area contributed by atoms with Crippen molar-refractivity contribution in [1.29, 1.82) is 0 Å². The molecule has 5 heteroatoms. The SMILES string of the molecule is Cc1ccc(-n2nc(C)c(NC(=O)Nc3ccccc3)c2C)cc1. The number of benzene rings is 2. The fraction of sp³-hybridized carbons (Fsp3) is 0.158. The van der Waals surface area contributed by atoms with Gasteiger partial charge in [-0.1, -0.05) is 35.9 Å². The Labute approximate surface area is 141 Å². The Bertz CT molecular complexity index is 851. The molecule has 122 valence electrons. The molecule has 0 atom stereocenters. The van der Waals surface area contributed by atoms with Crippen LogP contribution in [-0.4, -0.2) is 15.8 Å². The summed E-state index contributed by atoms with van der Waals surface area (Å²) in [4.78, 5) is 12.2. The first kappa shape index (κ1) is 15.8. The molecule has 0 aliphatic rings. The third kappa shape index (κ3) is 3.30. The minimum absolute atomic E-state index is 0.282. The van der Waals surface area contributed by atoms with Gasteiger partial charge in [0.1, 0.15) is 0 Å². The van der Waals surface area contributed by atoms with Gasteiger partial charge in [-0.15, -0.1) is 0 Å². The number of nitrogens with one attached hydrogen (secondary N) is 2. The molecular formula is C19H20N4O. The van der Waals surface area contributed by atoms with E-state index in [-0.39, 0.29) is 6.03 Å². The zero-order valence-electron chi connectivity index (χ0n) is 14.0. The maximum absolute atomic E-state index is 12.2. The van der Waals surface area contributed by atoms with Crippen molar-refractivity contribution in [3.05, 3.63) is 71.5 Å². The summed E-state index contributed by atoms with van der Waals surface area (Å²) >= 11 is 0. The van der Waals surface area contributed by atoms with Gasteiger partial charge in [0.2, 0.25) is 0 Å². The van der Waals surface area contributed by atoms with Crippen LogP contribution in [0.3, 0.4) is 0 Å². The maximum Gasteiger partial charge on any atom is 0.323 e. The van der Waals surface area contributed by atoms with Gasteiger partial charge in [0, 0.05) is 5.69 Å². The first-order valence-electron chi connectivity index (χ1n) is 7.81. The summed E-state index contributed by atoms with van der Waals surface area (Å²) in [5.41, 5.74) is 5.30. The van der Waals surface area contributed by atoms with Gasteiger partial charge in [-0.3, -0.25) is 0 Å². The molecule has 1 aromatic heterocycles. The summed E-state index contributed by atoms with van der Waals surface area (Å²) in [6.45, 7) is 5.87. The van der Waals surface area contributed by atoms with E-state index in [0.717, 1.165) is 28.5 Å². The lowest BCUT2D eigenvalue weighted by atomic mass is 10.2. The summed E-state index contributed by atoms with van der Waals surface area (Å²) in [5, 5.41) is 10.3. The molecule has 0 saturated heterocycles. The average molecular weight is 320 g/mol. The van der Waals surface area contributed by atoms with Crippen molar-refractivity contribution < 1.29 is 4.79 Å². The van der Waals surface area contributed by atoms with Crippen LogP contribution in [0.15, 0.2) is 54.6 Å². The van der Waals surface area contributed by atoms with Crippen molar-refractivity contribution in [3.63, 3.8) is 0 Å². The minimum atomic E-state index is -0.282. The molecule has 0 radical (unpaired) electrons. The molecule has 2 amide bonds. The Morgan fingerprint density at radius 1 is 0.917 bits per heavy atom. The lowest BCUT2D eigenvalue weighted by Crippen LogP contribution is -2.20. The highest BCUT2D eigenvalue weighted by Crippen LogP contribution is 2.23. The number of para-hydroxylation sites is 1. The van der Waals surface area contributed by atoms with E-state index >= 15 is 0 Å². The normalized spacial score (nSPS) is 10.5. The largest absolute Gasteiger partial charge is 0.323 e. The third-order valence-corrected chi connectivity index (χ3v) is 3.84. The van der Waals surface area contributed by atoms with E-state index < -0.39 is 0 Å². The maximum atomic E-state index is 12.2. The molecule has 1 heterocycles. The minimum Gasteiger partial charge on any atom is -0.308 e. The van der Waals surface area contributed by atoms with Gasteiger partial charge in [-0.2, -0.15) is 5.10 Å². The van der Waals surface area contributed by atoms with Gasteiger partial charge in [0.15, 0.2) is 0 Å². The standard InChI is InChI=1S/C19H20N4O/c1-13-9-11-17(12-10-13)23-15(3)18(14(2)22-23)21-19(24)20-16-7-5-4-6-8-16/h4-12H,1-3H3,(H2,20,21,24). The number of urea groups is 1. The summed E-state index contributed by atoms with van der Waals surface area (Å²) < 4.78 is 1.84. The van der Waals surface area contributed by atoms with Crippen molar-refractivity contribution in [2.75, 3.05) is 10.6 Å². The Kier molecular flexibility index (Phi) is 4.33. The van der Waals surface area contributed by atoms with E-state index in [2.05, 4.69) is 15.7 Å². The molecule has 24 heavy (non-hydrogen) atoms. The number of aromatic nitrogens is 2. The average Bonchev–Trinajstić information content (AvgIpc) is 2.85. The van der Waals surface area contributed by atoms with Gasteiger partial charge in [-0.25, -0.2) is 9.48 Å². The fourth-order valence-electron chi connectivity index (χ4n) is 2.56. The van der Waals surface area contributed by atoms with E-state index in [1.165, 1.54) is 5.56 Å². The molecule has 0 bridgehead atoms. The van der Waals surface area contributed by atoms with Crippen LogP contribution < -0.4 is 10.6 Å². The van der Waals surface area contributed by atoms with Crippen LogP contribution in [0.2, 0.25) is 0 Å². The van der Waals surface area contributed by atoms with Crippen LogP contribution in [0.5, 0.6) is 0 Å². The Morgan fingerprint density at radius 2 is 1.58 bits per heavy atom. The second kappa shape index (κ2) is 6.58. The van der Waals surface area contributed by atoms with Crippen LogP contribution in [0, 0.1) is 20.8 Å². The highest BCUT2D eigenvalue weighted by molar-refractivity contribution is 6.00. The number of rotatable bonds is 3. The van der Waals surface area contributed by atoms with E-state index in [1.807, 2.05) is 80.1 Å². The van der Waals surface area contributed by atoms with Gasteiger partial charge in [-0.05, 0) is 45.0 Å². The quantitative estimate of drug-likeness (QED) is 0.749. The molecule has 2 N–H and O–H groups in total. The number of aryl methyl sites for hydroxylation is 2. The Hall–Kier alpha value is -3.08. The molecule has 0 unspecified atom stereocenters. The van der Waals surface area contributed by atoms with Crippen molar-refractivity contribution in [2.24, 2.45) is 0 Å². The van der Waals surface area contributed by atoms with Crippen LogP contribution in [-0.2, 0) is 0 Å². The summed E-state index contributed by atoms with van der Waals surface area (Å²) in [6, 6.07) is 17.2. The van der Waals surface area contributed by atoms with E-state index in [9.17, 15) is 4.79 Å². The number of hydrogen-bond donors (Lipinski definition) is 2. The molecule has 5 nitrogen and oxygen atoms in total. The van der Waals surface area contributed by atoms with Gasteiger partial charge >= 0.3 is 6.03 Å². The zero-order valence-corrected chi connectivity index (χ0v) is 14.0. The highest BCUT2D eigenvalue weighted by atomic mass is 16.2. The van der Waals surface area contributed by atoms with Gasteiger partial charge < -0.3 is 10.6 Å². The number of carbonyl (C=O) groups excluding carboxylic acids is 1. The molecule has 3 rings (SSSR count). The zero-order chi connectivity index (χ0) is 17.1. The number of nitrogens with zero attached hydrogens (tertiary/aromatic N) is 2.